The lowest BCUT2D eigenvalue weighted by Gasteiger charge is -2.51. The highest BCUT2D eigenvalue weighted by Crippen LogP contribution is 2.52. The maximum absolute atomic E-state index is 13.8. The second-order valence-electron chi connectivity index (χ2n) is 11.0. The van der Waals surface area contributed by atoms with Crippen LogP contribution >= 0.6 is 0 Å². The molecule has 2 aromatic rings. The van der Waals surface area contributed by atoms with Crippen LogP contribution in [-0.4, -0.2) is 36.3 Å². The third kappa shape index (κ3) is 6.80. The molecular weight excluding hydrogens is 599 g/mol. The van der Waals surface area contributed by atoms with Crippen molar-refractivity contribution in [2.45, 2.75) is 76.0 Å². The Morgan fingerprint density at radius 3 is 1.93 bits per heavy atom. The van der Waals surface area contributed by atoms with Crippen molar-refractivity contribution in [1.29, 1.82) is 0 Å². The molecule has 1 aliphatic heterocycles. The number of benzene rings is 2. The molecule has 2 aliphatic rings. The minimum Gasteiger partial charge on any atom is -0.453 e. The smallest absolute Gasteiger partial charge is 0.416 e. The average Bonchev–Trinajstić information content (AvgIpc) is 3.74. The van der Waals surface area contributed by atoms with Gasteiger partial charge in [-0.25, -0.2) is 4.79 Å². The number of carbonyl (C=O) groups excluding carboxylic acids is 2. The summed E-state index contributed by atoms with van der Waals surface area (Å²) in [6, 6.07) is 1.78. The van der Waals surface area contributed by atoms with E-state index in [0.29, 0.717) is 25.0 Å². The number of anilines is 1. The molecule has 1 saturated carbocycles. The zero-order valence-corrected chi connectivity index (χ0v) is 23.0. The van der Waals surface area contributed by atoms with Gasteiger partial charge in [-0.15, -0.1) is 0 Å². The van der Waals surface area contributed by atoms with Crippen molar-refractivity contribution < 1.29 is 58.6 Å². The fraction of sp³-hybridized carbons (Fsp3) is 0.500. The first-order chi connectivity index (χ1) is 19.8. The first kappa shape index (κ1) is 32.3. The standard InChI is InChI=1S/C28H27F9N2O4/c1-25(2,43-14-40)39-21-7-6-17(26(29,30)31)11-20(21)23(12-22(39)16-4-5-16)38(24(41)42-3)13-15-8-18(27(32,33)34)10-19(9-15)28(35,36)37/h6-11,14,16,22-23H,4-5,12-13H2,1-3H3. The topological polar surface area (TPSA) is 59.1 Å². The van der Waals surface area contributed by atoms with Gasteiger partial charge < -0.3 is 14.4 Å². The van der Waals surface area contributed by atoms with Gasteiger partial charge in [-0.05, 0) is 86.6 Å². The zero-order valence-electron chi connectivity index (χ0n) is 23.0. The number of amides is 1. The van der Waals surface area contributed by atoms with Crippen LogP contribution in [0.5, 0.6) is 0 Å². The summed E-state index contributed by atoms with van der Waals surface area (Å²) in [6.45, 7) is 2.40. The summed E-state index contributed by atoms with van der Waals surface area (Å²) in [6.07, 6.45) is -15.0. The van der Waals surface area contributed by atoms with E-state index in [2.05, 4.69) is 0 Å². The lowest BCUT2D eigenvalue weighted by molar-refractivity contribution is -0.143. The van der Waals surface area contributed by atoms with E-state index in [4.69, 9.17) is 9.47 Å². The molecule has 6 nitrogen and oxygen atoms in total. The van der Waals surface area contributed by atoms with Gasteiger partial charge in [-0.1, -0.05) is 0 Å². The van der Waals surface area contributed by atoms with Gasteiger partial charge in [0.25, 0.3) is 6.47 Å². The van der Waals surface area contributed by atoms with Crippen molar-refractivity contribution >= 4 is 18.3 Å². The Balaban J connectivity index is 1.91. The SMILES string of the molecule is COC(=O)N(Cc1cc(C(F)(F)F)cc(C(F)(F)F)c1)C1CC(C2CC2)N(C(C)(C)OC=O)c2ccc(C(F)(F)F)cc21. The molecule has 1 fully saturated rings. The largest absolute Gasteiger partial charge is 0.453 e. The minimum absolute atomic E-state index is 0.0441. The molecule has 4 rings (SSSR count). The van der Waals surface area contributed by atoms with Gasteiger partial charge >= 0.3 is 24.6 Å². The second-order valence-corrected chi connectivity index (χ2v) is 11.0. The van der Waals surface area contributed by atoms with E-state index in [0.717, 1.165) is 30.2 Å². The van der Waals surface area contributed by atoms with E-state index in [1.807, 2.05) is 0 Å². The summed E-state index contributed by atoms with van der Waals surface area (Å²) in [7, 11) is 0.935. The minimum atomic E-state index is -5.16. The summed E-state index contributed by atoms with van der Waals surface area (Å²) in [5, 5.41) is 0. The average molecular weight is 627 g/mol. The van der Waals surface area contributed by atoms with Crippen LogP contribution in [-0.2, 0) is 39.3 Å². The summed E-state index contributed by atoms with van der Waals surface area (Å²) >= 11 is 0. The predicted molar refractivity (Wildman–Crippen MR) is 133 cm³/mol. The van der Waals surface area contributed by atoms with E-state index in [1.165, 1.54) is 13.8 Å². The van der Waals surface area contributed by atoms with Gasteiger partial charge in [-0.3, -0.25) is 9.69 Å². The molecule has 0 N–H and O–H groups in total. The third-order valence-corrected chi connectivity index (χ3v) is 7.64. The molecule has 0 spiro atoms. The molecular formula is C28H27F9N2O4. The number of hydrogen-bond donors (Lipinski definition) is 0. The van der Waals surface area contributed by atoms with Crippen LogP contribution in [0.15, 0.2) is 36.4 Å². The lowest BCUT2D eigenvalue weighted by Crippen LogP contribution is -2.57. The van der Waals surface area contributed by atoms with Crippen LogP contribution in [0.25, 0.3) is 0 Å². The van der Waals surface area contributed by atoms with Gasteiger partial charge in [0.05, 0.1) is 29.8 Å². The highest BCUT2D eigenvalue weighted by Gasteiger charge is 2.50. The Labute approximate surface area is 240 Å². The first-order valence-corrected chi connectivity index (χ1v) is 13.0. The van der Waals surface area contributed by atoms with E-state index < -0.39 is 71.2 Å². The number of fused-ring (bicyclic) bond motifs is 1. The molecule has 1 heterocycles. The fourth-order valence-electron chi connectivity index (χ4n) is 5.63. The monoisotopic (exact) mass is 626 g/mol. The van der Waals surface area contributed by atoms with Crippen LogP contribution in [0.4, 0.5) is 50.0 Å². The van der Waals surface area contributed by atoms with Gasteiger partial charge in [0.1, 0.15) is 0 Å². The van der Waals surface area contributed by atoms with Crippen LogP contribution < -0.4 is 4.90 Å². The van der Waals surface area contributed by atoms with Gasteiger partial charge in [0.2, 0.25) is 0 Å². The number of rotatable bonds is 7. The number of alkyl halides is 9. The number of nitrogens with zero attached hydrogens (tertiary/aromatic N) is 2. The maximum atomic E-state index is 13.8. The molecule has 2 aromatic carbocycles. The van der Waals surface area contributed by atoms with Crippen molar-refractivity contribution in [2.24, 2.45) is 5.92 Å². The molecule has 0 bridgehead atoms. The third-order valence-electron chi connectivity index (χ3n) is 7.64. The Morgan fingerprint density at radius 1 is 0.907 bits per heavy atom. The van der Waals surface area contributed by atoms with Crippen molar-refractivity contribution in [1.82, 2.24) is 4.90 Å². The first-order valence-electron chi connectivity index (χ1n) is 13.0. The van der Waals surface area contributed by atoms with E-state index in [-0.39, 0.29) is 36.1 Å². The quantitative estimate of drug-likeness (QED) is 0.231. The molecule has 15 heteroatoms. The molecule has 2 atom stereocenters. The van der Waals surface area contributed by atoms with Gasteiger partial charge in [0.15, 0.2) is 5.72 Å². The molecule has 2 unspecified atom stereocenters. The number of ether oxygens (including phenoxy) is 2. The number of carbonyl (C=O) groups is 2. The normalized spacial score (nSPS) is 19.5. The van der Waals surface area contributed by atoms with Crippen LogP contribution in [0.3, 0.4) is 0 Å². The van der Waals surface area contributed by atoms with Crippen molar-refractivity contribution in [3.05, 3.63) is 64.2 Å². The van der Waals surface area contributed by atoms with Crippen LogP contribution in [0.1, 0.15) is 67.0 Å². The molecule has 0 aromatic heterocycles. The highest BCUT2D eigenvalue weighted by atomic mass is 19.4. The molecule has 1 aliphatic carbocycles. The maximum Gasteiger partial charge on any atom is 0.416 e. The molecule has 0 radical (unpaired) electrons. The molecule has 236 valence electrons. The number of halogens is 9. The molecule has 1 amide bonds. The van der Waals surface area contributed by atoms with E-state index in [1.54, 1.807) is 4.90 Å². The van der Waals surface area contributed by atoms with E-state index in [9.17, 15) is 49.1 Å². The summed E-state index contributed by atoms with van der Waals surface area (Å²) in [5.41, 5.74) is -6.19. The lowest BCUT2D eigenvalue weighted by atomic mass is 9.85. The fourth-order valence-corrected chi connectivity index (χ4v) is 5.63. The zero-order chi connectivity index (χ0) is 32.1. The Morgan fingerprint density at radius 2 is 1.47 bits per heavy atom. The van der Waals surface area contributed by atoms with Crippen molar-refractivity contribution in [3.8, 4) is 0 Å². The van der Waals surface area contributed by atoms with Gasteiger partial charge in [0, 0.05) is 18.3 Å². The Hall–Kier alpha value is -3.65. The van der Waals surface area contributed by atoms with Gasteiger partial charge in [-0.2, -0.15) is 39.5 Å². The molecule has 43 heavy (non-hydrogen) atoms. The van der Waals surface area contributed by atoms with Crippen LogP contribution in [0.2, 0.25) is 0 Å². The second kappa shape index (κ2) is 11.1. The summed E-state index contributed by atoms with van der Waals surface area (Å²) < 4.78 is 133. The summed E-state index contributed by atoms with van der Waals surface area (Å²) in [4.78, 5) is 26.9. The van der Waals surface area contributed by atoms with Crippen molar-refractivity contribution in [2.75, 3.05) is 12.0 Å². The molecule has 0 saturated heterocycles. The number of hydrogen-bond acceptors (Lipinski definition) is 5. The Kier molecular flexibility index (Phi) is 8.35. The van der Waals surface area contributed by atoms with Crippen LogP contribution in [0, 0.1) is 5.92 Å². The Bertz CT molecular complexity index is 1340. The predicted octanol–water partition coefficient (Wildman–Crippen LogP) is 7.95. The number of methoxy groups -OCH3 is 1. The summed E-state index contributed by atoms with van der Waals surface area (Å²) in [5.74, 6) is -0.0441. The highest BCUT2D eigenvalue weighted by molar-refractivity contribution is 5.71. The van der Waals surface area contributed by atoms with Crippen molar-refractivity contribution in [3.63, 3.8) is 0 Å². The van der Waals surface area contributed by atoms with E-state index >= 15 is 0 Å².